The molecule has 1 aromatic carbocycles. The Morgan fingerprint density at radius 3 is 2.76 bits per heavy atom. The zero-order chi connectivity index (χ0) is 20.4. The molecule has 1 aliphatic heterocycles. The zero-order valence-electron chi connectivity index (χ0n) is 15.4. The molecule has 1 saturated heterocycles. The molecule has 1 aliphatic rings. The molecule has 2 aromatic heterocycles. The molecule has 4 rings (SSSR count). The average Bonchev–Trinajstić information content (AvgIpc) is 3.49. The Morgan fingerprint density at radius 2 is 2.07 bits per heavy atom. The maximum atomic E-state index is 12.8. The number of methoxy groups -OCH3 is 1. The lowest BCUT2D eigenvalue weighted by Crippen LogP contribution is -2.42. The van der Waals surface area contributed by atoms with Gasteiger partial charge in [-0.2, -0.15) is 4.31 Å². The molecule has 11 heteroatoms. The highest BCUT2D eigenvalue weighted by atomic mass is 32.2. The van der Waals surface area contributed by atoms with Crippen molar-refractivity contribution >= 4 is 33.3 Å². The summed E-state index contributed by atoms with van der Waals surface area (Å²) in [5.74, 6) is 0.431. The summed E-state index contributed by atoms with van der Waals surface area (Å²) in [7, 11) is -2.14. The molecule has 1 amide bonds. The summed E-state index contributed by atoms with van der Waals surface area (Å²) in [5.41, 5.74) is 0.668. The average molecular weight is 434 g/mol. The SMILES string of the molecule is COc1ccc(-c2nnc(NC(=O)[C@H]3CCCN3S(=O)(=O)c3cccs3)o2)cc1. The number of rotatable bonds is 6. The van der Waals surface area contributed by atoms with Crippen LogP contribution in [0.2, 0.25) is 0 Å². The third-order valence-electron chi connectivity index (χ3n) is 4.56. The van der Waals surface area contributed by atoms with Crippen LogP contribution in [-0.4, -0.2) is 48.5 Å². The summed E-state index contributed by atoms with van der Waals surface area (Å²) in [4.78, 5) is 12.7. The van der Waals surface area contributed by atoms with Crippen molar-refractivity contribution in [1.82, 2.24) is 14.5 Å². The van der Waals surface area contributed by atoms with Gasteiger partial charge in [0, 0.05) is 12.1 Å². The molecule has 3 heterocycles. The molecule has 9 nitrogen and oxygen atoms in total. The number of carbonyl (C=O) groups excluding carboxylic acids is 1. The van der Waals surface area contributed by atoms with Crippen LogP contribution in [0.5, 0.6) is 5.75 Å². The molecular weight excluding hydrogens is 416 g/mol. The summed E-state index contributed by atoms with van der Waals surface area (Å²) < 4.78 is 37.7. The van der Waals surface area contributed by atoms with Gasteiger partial charge in [-0.25, -0.2) is 8.42 Å². The standard InChI is InChI=1S/C18H18N4O5S2/c1-26-13-8-6-12(7-9-13)17-20-21-18(27-17)19-16(23)14-4-2-10-22(14)29(24,25)15-5-3-11-28-15/h3,5-9,11,14H,2,4,10H2,1H3,(H,19,21,23)/t14-/m1/s1. The van der Waals surface area contributed by atoms with Crippen LogP contribution >= 0.6 is 11.3 Å². The minimum Gasteiger partial charge on any atom is -0.497 e. The largest absolute Gasteiger partial charge is 0.497 e. The Bertz CT molecular complexity index is 1090. The number of anilines is 1. The zero-order valence-corrected chi connectivity index (χ0v) is 17.1. The van der Waals surface area contributed by atoms with Gasteiger partial charge < -0.3 is 9.15 Å². The third kappa shape index (κ3) is 3.88. The summed E-state index contributed by atoms with van der Waals surface area (Å²) in [6.07, 6.45) is 1.03. The summed E-state index contributed by atoms with van der Waals surface area (Å²) in [5, 5.41) is 12.0. The number of aromatic nitrogens is 2. The van der Waals surface area contributed by atoms with E-state index in [0.717, 1.165) is 11.3 Å². The molecule has 1 atom stereocenters. The highest BCUT2D eigenvalue weighted by Gasteiger charge is 2.40. The first kappa shape index (κ1) is 19.6. The number of nitrogens with zero attached hydrogens (tertiary/aromatic N) is 3. The molecule has 1 N–H and O–H groups in total. The molecule has 29 heavy (non-hydrogen) atoms. The quantitative estimate of drug-likeness (QED) is 0.634. The Labute approximate surface area is 171 Å². The van der Waals surface area contributed by atoms with E-state index < -0.39 is 22.0 Å². The fraction of sp³-hybridized carbons (Fsp3) is 0.278. The van der Waals surface area contributed by atoms with Crippen molar-refractivity contribution in [2.24, 2.45) is 0 Å². The van der Waals surface area contributed by atoms with Crippen LogP contribution in [-0.2, 0) is 14.8 Å². The van der Waals surface area contributed by atoms with Gasteiger partial charge in [0.15, 0.2) is 0 Å². The number of carbonyl (C=O) groups is 1. The van der Waals surface area contributed by atoms with Gasteiger partial charge in [0.05, 0.1) is 7.11 Å². The van der Waals surface area contributed by atoms with E-state index in [-0.39, 0.29) is 16.1 Å². The van der Waals surface area contributed by atoms with Gasteiger partial charge in [0.25, 0.3) is 10.0 Å². The molecule has 0 spiro atoms. The number of sulfonamides is 1. The van der Waals surface area contributed by atoms with E-state index in [1.54, 1.807) is 42.8 Å². The van der Waals surface area contributed by atoms with Gasteiger partial charge in [0.2, 0.25) is 11.8 Å². The molecule has 0 aliphatic carbocycles. The number of amides is 1. The van der Waals surface area contributed by atoms with Gasteiger partial charge in [-0.1, -0.05) is 11.2 Å². The Hall–Kier alpha value is -2.76. The molecule has 3 aromatic rings. The lowest BCUT2D eigenvalue weighted by Gasteiger charge is -2.21. The third-order valence-corrected chi connectivity index (χ3v) is 7.84. The minimum absolute atomic E-state index is 0.0822. The number of thiophene rings is 1. The number of hydrogen-bond donors (Lipinski definition) is 1. The van der Waals surface area contributed by atoms with Crippen molar-refractivity contribution in [2.45, 2.75) is 23.1 Å². The first-order chi connectivity index (χ1) is 14.0. The van der Waals surface area contributed by atoms with Crippen LogP contribution < -0.4 is 10.1 Å². The number of benzene rings is 1. The fourth-order valence-electron chi connectivity index (χ4n) is 3.13. The van der Waals surface area contributed by atoms with E-state index in [0.29, 0.717) is 30.7 Å². The second-order valence-corrected chi connectivity index (χ2v) is 9.40. The van der Waals surface area contributed by atoms with Crippen LogP contribution in [0.1, 0.15) is 12.8 Å². The summed E-state index contributed by atoms with van der Waals surface area (Å²) in [6, 6.07) is 9.32. The van der Waals surface area contributed by atoms with Crippen molar-refractivity contribution in [1.29, 1.82) is 0 Å². The van der Waals surface area contributed by atoms with E-state index in [9.17, 15) is 13.2 Å². The van der Waals surface area contributed by atoms with Crippen molar-refractivity contribution in [3.05, 3.63) is 41.8 Å². The van der Waals surface area contributed by atoms with Crippen LogP contribution in [0.3, 0.4) is 0 Å². The Morgan fingerprint density at radius 1 is 1.28 bits per heavy atom. The van der Waals surface area contributed by atoms with Crippen molar-refractivity contribution in [3.63, 3.8) is 0 Å². The maximum absolute atomic E-state index is 12.8. The summed E-state index contributed by atoms with van der Waals surface area (Å²) in [6.45, 7) is 0.291. The number of hydrogen-bond acceptors (Lipinski definition) is 8. The first-order valence-corrected chi connectivity index (χ1v) is 11.1. The predicted octanol–water partition coefficient (Wildman–Crippen LogP) is 2.60. The van der Waals surface area contributed by atoms with E-state index in [1.807, 2.05) is 0 Å². The lowest BCUT2D eigenvalue weighted by atomic mass is 10.2. The molecule has 0 bridgehead atoms. The smallest absolute Gasteiger partial charge is 0.322 e. The molecule has 0 unspecified atom stereocenters. The number of ether oxygens (including phenoxy) is 1. The predicted molar refractivity (Wildman–Crippen MR) is 106 cm³/mol. The van der Waals surface area contributed by atoms with Crippen LogP contribution in [0.25, 0.3) is 11.5 Å². The molecule has 0 radical (unpaired) electrons. The normalized spacial score (nSPS) is 17.3. The van der Waals surface area contributed by atoms with Gasteiger partial charge >= 0.3 is 6.01 Å². The van der Waals surface area contributed by atoms with E-state index in [2.05, 4.69) is 15.5 Å². The first-order valence-electron chi connectivity index (χ1n) is 8.83. The number of nitrogens with one attached hydrogen (secondary N) is 1. The van der Waals surface area contributed by atoms with Gasteiger partial charge in [-0.15, -0.1) is 16.4 Å². The lowest BCUT2D eigenvalue weighted by molar-refractivity contribution is -0.119. The summed E-state index contributed by atoms with van der Waals surface area (Å²) >= 11 is 1.13. The van der Waals surface area contributed by atoms with E-state index in [1.165, 1.54) is 10.4 Å². The molecule has 1 fully saturated rings. The van der Waals surface area contributed by atoms with E-state index >= 15 is 0 Å². The molecular formula is C18H18N4O5S2. The monoisotopic (exact) mass is 434 g/mol. The second-order valence-electron chi connectivity index (χ2n) is 6.34. The fourth-order valence-corrected chi connectivity index (χ4v) is 5.90. The van der Waals surface area contributed by atoms with Crippen LogP contribution in [0, 0.1) is 0 Å². The van der Waals surface area contributed by atoms with Crippen LogP contribution in [0.4, 0.5) is 6.01 Å². The van der Waals surface area contributed by atoms with Crippen LogP contribution in [0.15, 0.2) is 50.4 Å². The van der Waals surface area contributed by atoms with Crippen molar-refractivity contribution in [2.75, 3.05) is 19.0 Å². The van der Waals surface area contributed by atoms with Gasteiger partial charge in [-0.3, -0.25) is 10.1 Å². The Kier molecular flexibility index (Phi) is 5.35. The topological polar surface area (TPSA) is 115 Å². The highest BCUT2D eigenvalue weighted by Crippen LogP contribution is 2.29. The maximum Gasteiger partial charge on any atom is 0.322 e. The Balaban J connectivity index is 1.48. The van der Waals surface area contributed by atoms with E-state index in [4.69, 9.17) is 9.15 Å². The van der Waals surface area contributed by atoms with Gasteiger partial charge in [-0.05, 0) is 48.6 Å². The highest BCUT2D eigenvalue weighted by molar-refractivity contribution is 7.91. The van der Waals surface area contributed by atoms with Crippen molar-refractivity contribution < 1.29 is 22.4 Å². The van der Waals surface area contributed by atoms with Crippen molar-refractivity contribution in [3.8, 4) is 17.2 Å². The minimum atomic E-state index is -3.71. The molecule has 0 saturated carbocycles. The second kappa shape index (κ2) is 7.93. The van der Waals surface area contributed by atoms with Gasteiger partial charge in [0.1, 0.15) is 16.0 Å². The molecule has 152 valence electrons.